The molecule has 2 aliphatic rings. The first-order valence-electron chi connectivity index (χ1n) is 10.5. The van der Waals surface area contributed by atoms with Crippen LogP contribution in [0.15, 0.2) is 48.5 Å². The molecule has 34 heavy (non-hydrogen) atoms. The van der Waals surface area contributed by atoms with Crippen LogP contribution in [0.2, 0.25) is 0 Å². The highest BCUT2D eigenvalue weighted by molar-refractivity contribution is 6.05. The van der Waals surface area contributed by atoms with Crippen LogP contribution >= 0.6 is 0 Å². The van der Waals surface area contributed by atoms with E-state index in [4.69, 9.17) is 20.4 Å². The Kier molecular flexibility index (Phi) is 7.15. The molecule has 2 unspecified atom stereocenters. The Hall–Kier alpha value is -3.60. The monoisotopic (exact) mass is 479 g/mol. The average Bonchev–Trinajstić information content (AvgIpc) is 3.30. The number of cyclic esters (lactones) is 1. The minimum absolute atomic E-state index is 0.0675. The Morgan fingerprint density at radius 1 is 1.24 bits per heavy atom. The molecule has 2 aromatic carbocycles. The maximum atomic E-state index is 12.6. The summed E-state index contributed by atoms with van der Waals surface area (Å²) in [4.78, 5) is 34.7. The average molecular weight is 479 g/mol. The summed E-state index contributed by atoms with van der Waals surface area (Å²) in [5.41, 5.74) is 9.32. The Morgan fingerprint density at radius 3 is 2.38 bits per heavy atom. The maximum Gasteiger partial charge on any atom is 0.490 e. The molecule has 1 saturated carbocycles. The number of carbonyl (C=O) groups excluding carboxylic acids is 2. The highest BCUT2D eigenvalue weighted by atomic mass is 19.4. The van der Waals surface area contributed by atoms with E-state index < -0.39 is 12.1 Å². The second kappa shape index (κ2) is 9.72. The van der Waals surface area contributed by atoms with E-state index >= 15 is 0 Å². The van der Waals surface area contributed by atoms with Crippen LogP contribution in [0.25, 0.3) is 0 Å². The van der Waals surface area contributed by atoms with Gasteiger partial charge in [0.25, 0.3) is 5.91 Å². The number of ether oxygens (including phenoxy) is 1. The van der Waals surface area contributed by atoms with Gasteiger partial charge in [-0.2, -0.15) is 13.2 Å². The number of rotatable bonds is 5. The minimum atomic E-state index is -5.08. The lowest BCUT2D eigenvalue weighted by atomic mass is 10.0. The number of nitrogens with two attached hydrogens (primary N) is 1. The molecule has 2 aromatic rings. The lowest BCUT2D eigenvalue weighted by Gasteiger charge is -2.14. The number of amides is 2. The molecule has 1 aliphatic carbocycles. The van der Waals surface area contributed by atoms with E-state index in [1.165, 1.54) is 10.5 Å². The van der Waals surface area contributed by atoms with Gasteiger partial charge in [-0.3, -0.25) is 9.69 Å². The Labute approximate surface area is 193 Å². The van der Waals surface area contributed by atoms with Crippen LogP contribution in [0.1, 0.15) is 41.6 Å². The third kappa shape index (κ3) is 5.84. The number of hydrogen-bond acceptors (Lipinski definition) is 5. The standard InChI is InChI=1S/C21H23N3O3.C2HF3O2/c1-2-21(22)13-18(21)14-6-8-16(9-7-14)23-19(25)15-4-3-5-17(12-15)24-10-11-27-20(24)26;3-2(4,5)1(6)7/h3-9,12,18H,2,10-11,13,22H2,1H3,(H,23,25);(H,6,7). The van der Waals surface area contributed by atoms with Crippen molar-refractivity contribution < 1.29 is 37.4 Å². The zero-order valence-electron chi connectivity index (χ0n) is 18.3. The highest BCUT2D eigenvalue weighted by Crippen LogP contribution is 2.51. The van der Waals surface area contributed by atoms with Crippen molar-refractivity contribution >= 4 is 29.3 Å². The Bertz CT molecular complexity index is 1070. The first-order valence-corrected chi connectivity index (χ1v) is 10.5. The van der Waals surface area contributed by atoms with E-state index in [-0.39, 0.29) is 17.5 Å². The topological polar surface area (TPSA) is 122 Å². The summed E-state index contributed by atoms with van der Waals surface area (Å²) < 4.78 is 36.7. The van der Waals surface area contributed by atoms with Gasteiger partial charge >= 0.3 is 18.2 Å². The largest absolute Gasteiger partial charge is 0.490 e. The lowest BCUT2D eigenvalue weighted by Crippen LogP contribution is -2.23. The summed E-state index contributed by atoms with van der Waals surface area (Å²) in [7, 11) is 0. The number of nitrogens with zero attached hydrogens (tertiary/aromatic N) is 1. The van der Waals surface area contributed by atoms with Crippen LogP contribution in [0.3, 0.4) is 0 Å². The fourth-order valence-corrected chi connectivity index (χ4v) is 3.61. The van der Waals surface area contributed by atoms with Crippen molar-refractivity contribution in [1.82, 2.24) is 0 Å². The van der Waals surface area contributed by atoms with Crippen LogP contribution < -0.4 is 16.0 Å². The quantitative estimate of drug-likeness (QED) is 0.593. The van der Waals surface area contributed by atoms with E-state index in [1.54, 1.807) is 24.3 Å². The molecule has 8 nitrogen and oxygen atoms in total. The summed E-state index contributed by atoms with van der Waals surface area (Å²) in [6.07, 6.45) is -3.48. The van der Waals surface area contributed by atoms with Crippen molar-refractivity contribution in [3.63, 3.8) is 0 Å². The fraction of sp³-hybridized carbons (Fsp3) is 0.348. The number of anilines is 2. The molecule has 4 N–H and O–H groups in total. The van der Waals surface area contributed by atoms with Crippen molar-refractivity contribution in [3.05, 3.63) is 59.7 Å². The number of hydrogen-bond donors (Lipinski definition) is 3. The summed E-state index contributed by atoms with van der Waals surface area (Å²) in [6, 6.07) is 14.8. The van der Waals surface area contributed by atoms with Gasteiger partial charge < -0.3 is 20.9 Å². The van der Waals surface area contributed by atoms with Gasteiger partial charge in [-0.15, -0.1) is 0 Å². The fourth-order valence-electron chi connectivity index (χ4n) is 3.61. The second-order valence-electron chi connectivity index (χ2n) is 8.04. The van der Waals surface area contributed by atoms with Crippen LogP contribution in [0.4, 0.5) is 29.3 Å². The normalized spacial score (nSPS) is 21.3. The third-order valence-electron chi connectivity index (χ3n) is 5.77. The predicted octanol–water partition coefficient (Wildman–Crippen LogP) is 4.12. The van der Waals surface area contributed by atoms with Crippen molar-refractivity contribution in [2.45, 2.75) is 37.4 Å². The molecule has 11 heteroatoms. The van der Waals surface area contributed by atoms with Gasteiger partial charge in [0.2, 0.25) is 0 Å². The van der Waals surface area contributed by atoms with Gasteiger partial charge in [-0.1, -0.05) is 25.1 Å². The maximum absolute atomic E-state index is 12.6. The predicted molar refractivity (Wildman–Crippen MR) is 118 cm³/mol. The Balaban J connectivity index is 0.000000406. The van der Waals surface area contributed by atoms with E-state index in [1.807, 2.05) is 24.3 Å². The van der Waals surface area contributed by atoms with Gasteiger partial charge in [0, 0.05) is 28.4 Å². The molecule has 2 fully saturated rings. The second-order valence-corrected chi connectivity index (χ2v) is 8.04. The molecule has 2 atom stereocenters. The molecular weight excluding hydrogens is 455 g/mol. The number of nitrogens with one attached hydrogen (secondary N) is 1. The SMILES string of the molecule is CCC1(N)CC1c1ccc(NC(=O)c2cccc(N3CCOC3=O)c2)cc1.O=C(O)C(F)(F)F. The number of carboxylic acids is 1. The molecule has 0 spiro atoms. The number of alkyl halides is 3. The number of benzene rings is 2. The Morgan fingerprint density at radius 2 is 1.88 bits per heavy atom. The van der Waals surface area contributed by atoms with E-state index in [0.717, 1.165) is 18.5 Å². The van der Waals surface area contributed by atoms with E-state index in [9.17, 15) is 22.8 Å². The van der Waals surface area contributed by atoms with E-state index in [2.05, 4.69) is 12.2 Å². The minimum Gasteiger partial charge on any atom is -0.475 e. The summed E-state index contributed by atoms with van der Waals surface area (Å²) >= 11 is 0. The van der Waals surface area contributed by atoms with E-state index in [0.29, 0.717) is 30.3 Å². The molecule has 1 heterocycles. The summed E-state index contributed by atoms with van der Waals surface area (Å²) in [5, 5.41) is 10.0. The van der Waals surface area contributed by atoms with Crippen LogP contribution in [-0.2, 0) is 9.53 Å². The molecule has 1 aliphatic heterocycles. The van der Waals surface area contributed by atoms with Crippen molar-refractivity contribution in [2.24, 2.45) is 5.73 Å². The van der Waals surface area contributed by atoms with Crippen molar-refractivity contribution in [3.8, 4) is 0 Å². The molecule has 2 amide bonds. The summed E-state index contributed by atoms with van der Waals surface area (Å²) in [5.74, 6) is -2.57. The lowest BCUT2D eigenvalue weighted by molar-refractivity contribution is -0.192. The smallest absolute Gasteiger partial charge is 0.475 e. The first kappa shape index (κ1) is 25.0. The summed E-state index contributed by atoms with van der Waals surface area (Å²) in [6.45, 7) is 2.97. The van der Waals surface area contributed by atoms with Gasteiger partial charge in [-0.05, 0) is 48.7 Å². The molecule has 4 rings (SSSR count). The molecule has 0 radical (unpaired) electrons. The van der Waals surface area contributed by atoms with Gasteiger partial charge in [0.15, 0.2) is 0 Å². The number of aliphatic carboxylic acids is 1. The first-order chi connectivity index (χ1) is 15.9. The van der Waals surface area contributed by atoms with Gasteiger partial charge in [0.1, 0.15) is 6.61 Å². The van der Waals surface area contributed by atoms with Crippen LogP contribution in [0, 0.1) is 0 Å². The zero-order valence-corrected chi connectivity index (χ0v) is 18.3. The molecule has 0 aromatic heterocycles. The number of carbonyl (C=O) groups is 3. The molecule has 1 saturated heterocycles. The van der Waals surface area contributed by atoms with Gasteiger partial charge in [0.05, 0.1) is 6.54 Å². The van der Waals surface area contributed by atoms with Crippen LogP contribution in [0.5, 0.6) is 0 Å². The molecule has 0 bridgehead atoms. The highest BCUT2D eigenvalue weighted by Gasteiger charge is 2.49. The molecule has 182 valence electrons. The number of carboxylic acid groups (broad SMARTS) is 1. The molecular formula is C23H24F3N3O5. The van der Waals surface area contributed by atoms with Gasteiger partial charge in [-0.25, -0.2) is 9.59 Å². The van der Waals surface area contributed by atoms with Crippen molar-refractivity contribution in [2.75, 3.05) is 23.4 Å². The van der Waals surface area contributed by atoms with Crippen molar-refractivity contribution in [1.29, 1.82) is 0 Å². The number of halogens is 3. The zero-order chi connectivity index (χ0) is 25.1. The third-order valence-corrected chi connectivity index (χ3v) is 5.77. The van der Waals surface area contributed by atoms with Crippen LogP contribution in [-0.4, -0.2) is 47.9 Å².